The Bertz CT molecular complexity index is 449. The van der Waals surface area contributed by atoms with E-state index in [-0.39, 0.29) is 0 Å². The zero-order valence-corrected chi connectivity index (χ0v) is 11.0. The van der Waals surface area contributed by atoms with Crippen molar-refractivity contribution in [2.45, 2.75) is 64.2 Å². The largest absolute Gasteiger partial charge is 0.0585 e. The molecule has 0 nitrogen and oxygen atoms in total. The Kier molecular flexibility index (Phi) is 1.89. The number of hydrogen-bond acceptors (Lipinski definition) is 0. The van der Waals surface area contributed by atoms with Crippen LogP contribution >= 0.6 is 0 Å². The first-order valence-electron chi connectivity index (χ1n) is 6.57. The second-order valence-corrected chi connectivity index (χ2v) is 6.92. The highest BCUT2D eigenvalue weighted by molar-refractivity contribution is 5.53. The third-order valence-corrected chi connectivity index (χ3v) is 4.57. The maximum absolute atomic E-state index is 2.43. The Balaban J connectivity index is 2.30. The molecule has 0 N–H and O–H groups in total. The lowest BCUT2D eigenvalue weighted by Gasteiger charge is -2.23. The Morgan fingerprint density at radius 3 is 2.44 bits per heavy atom. The van der Waals surface area contributed by atoms with E-state index in [9.17, 15) is 0 Å². The van der Waals surface area contributed by atoms with Crippen LogP contribution in [0, 0.1) is 0 Å². The van der Waals surface area contributed by atoms with Crippen LogP contribution < -0.4 is 0 Å². The zero-order valence-electron chi connectivity index (χ0n) is 11.0. The fourth-order valence-electron chi connectivity index (χ4n) is 4.29. The van der Waals surface area contributed by atoms with E-state index in [1.165, 1.54) is 25.7 Å². The summed E-state index contributed by atoms with van der Waals surface area (Å²) in [6.07, 6.45) is 5.28. The Hall–Kier alpha value is -0.780. The summed E-state index contributed by atoms with van der Waals surface area (Å²) in [4.78, 5) is 0. The number of benzene rings is 1. The van der Waals surface area contributed by atoms with Gasteiger partial charge in [0, 0.05) is 0 Å². The third kappa shape index (κ3) is 1.22. The van der Waals surface area contributed by atoms with Crippen molar-refractivity contribution in [1.29, 1.82) is 0 Å². The maximum atomic E-state index is 2.43. The van der Waals surface area contributed by atoms with Crippen LogP contribution in [0.3, 0.4) is 0 Å². The molecule has 0 bridgehead atoms. The second-order valence-electron chi connectivity index (χ2n) is 6.92. The Morgan fingerprint density at radius 2 is 1.69 bits per heavy atom. The van der Waals surface area contributed by atoms with Crippen LogP contribution in [-0.2, 0) is 23.7 Å². The van der Waals surface area contributed by atoms with Crippen LogP contribution in [0.15, 0.2) is 12.1 Å². The Labute approximate surface area is 99.1 Å². The predicted molar refractivity (Wildman–Crippen MR) is 69.1 cm³/mol. The van der Waals surface area contributed by atoms with Gasteiger partial charge in [-0.3, -0.25) is 0 Å². The van der Waals surface area contributed by atoms with Crippen LogP contribution in [-0.4, -0.2) is 0 Å². The van der Waals surface area contributed by atoms with Gasteiger partial charge in [-0.1, -0.05) is 39.8 Å². The van der Waals surface area contributed by atoms with Gasteiger partial charge in [-0.25, -0.2) is 0 Å². The van der Waals surface area contributed by atoms with Crippen molar-refractivity contribution in [3.05, 3.63) is 34.4 Å². The molecule has 0 saturated carbocycles. The first kappa shape index (κ1) is 10.4. The topological polar surface area (TPSA) is 0 Å². The minimum absolute atomic E-state index is 0.371. The molecule has 0 amide bonds. The fourth-order valence-corrected chi connectivity index (χ4v) is 4.29. The van der Waals surface area contributed by atoms with Crippen molar-refractivity contribution in [3.63, 3.8) is 0 Å². The van der Waals surface area contributed by atoms with Gasteiger partial charge >= 0.3 is 0 Å². The highest BCUT2D eigenvalue weighted by Gasteiger charge is 2.43. The summed E-state index contributed by atoms with van der Waals surface area (Å²) >= 11 is 0. The second kappa shape index (κ2) is 2.91. The molecule has 2 aliphatic rings. The highest BCUT2D eigenvalue weighted by Crippen LogP contribution is 2.52. The van der Waals surface area contributed by atoms with Crippen molar-refractivity contribution < 1.29 is 0 Å². The van der Waals surface area contributed by atoms with Gasteiger partial charge in [0.15, 0.2) is 0 Å². The number of aryl methyl sites for hydroxylation is 1. The van der Waals surface area contributed by atoms with Gasteiger partial charge in [0.25, 0.3) is 0 Å². The molecule has 0 aliphatic heterocycles. The van der Waals surface area contributed by atoms with Gasteiger partial charge in [-0.05, 0) is 58.8 Å². The van der Waals surface area contributed by atoms with Crippen LogP contribution in [0.5, 0.6) is 0 Å². The van der Waals surface area contributed by atoms with E-state index >= 15 is 0 Å². The molecule has 0 spiro atoms. The highest BCUT2D eigenvalue weighted by atomic mass is 14.5. The first-order chi connectivity index (χ1) is 7.42. The molecule has 1 aromatic carbocycles. The summed E-state index contributed by atoms with van der Waals surface area (Å²) in [6.45, 7) is 9.67. The molecule has 0 saturated heterocycles. The molecule has 0 fully saturated rings. The normalized spacial score (nSPS) is 24.2. The predicted octanol–water partition coefficient (Wildman–Crippen LogP) is 4.13. The summed E-state index contributed by atoms with van der Waals surface area (Å²) in [7, 11) is 0. The lowest BCUT2D eigenvalue weighted by molar-refractivity contribution is 0.402. The summed E-state index contributed by atoms with van der Waals surface area (Å²) in [5.41, 5.74) is 7.41. The summed E-state index contributed by atoms with van der Waals surface area (Å²) < 4.78 is 0. The van der Waals surface area contributed by atoms with Gasteiger partial charge in [-0.2, -0.15) is 0 Å². The molecule has 0 heteroatoms. The molecule has 2 aliphatic carbocycles. The average molecular weight is 214 g/mol. The van der Waals surface area contributed by atoms with Crippen molar-refractivity contribution in [2.75, 3.05) is 0 Å². The average Bonchev–Trinajstić information content (AvgIpc) is 2.66. The molecule has 3 rings (SSSR count). The van der Waals surface area contributed by atoms with E-state index < -0.39 is 0 Å². The molecule has 0 aromatic heterocycles. The molecular formula is C16H22. The van der Waals surface area contributed by atoms with E-state index in [1.54, 1.807) is 22.3 Å². The lowest BCUT2D eigenvalue weighted by atomic mass is 9.81. The minimum atomic E-state index is 0.371. The molecule has 0 radical (unpaired) electrons. The molecule has 86 valence electrons. The van der Waals surface area contributed by atoms with Crippen molar-refractivity contribution in [1.82, 2.24) is 0 Å². The quantitative estimate of drug-likeness (QED) is 0.609. The molecule has 1 aromatic rings. The van der Waals surface area contributed by atoms with Crippen molar-refractivity contribution in [3.8, 4) is 0 Å². The number of fused-ring (bicyclic) bond motifs is 3. The van der Waals surface area contributed by atoms with Crippen LogP contribution in [0.2, 0.25) is 0 Å². The fraction of sp³-hybridized carbons (Fsp3) is 0.625. The molecule has 16 heavy (non-hydrogen) atoms. The minimum Gasteiger partial charge on any atom is -0.0585 e. The number of hydrogen-bond donors (Lipinski definition) is 0. The first-order valence-corrected chi connectivity index (χ1v) is 6.57. The smallest absolute Gasteiger partial charge is 0.00895 e. The summed E-state index contributed by atoms with van der Waals surface area (Å²) in [6, 6.07) is 4.80. The van der Waals surface area contributed by atoms with Crippen molar-refractivity contribution >= 4 is 0 Å². The van der Waals surface area contributed by atoms with Crippen LogP contribution in [0.25, 0.3) is 0 Å². The molecular weight excluding hydrogens is 192 g/mol. The van der Waals surface area contributed by atoms with Gasteiger partial charge in [-0.15, -0.1) is 0 Å². The monoisotopic (exact) mass is 214 g/mol. The van der Waals surface area contributed by atoms with Gasteiger partial charge in [0.1, 0.15) is 0 Å². The van der Waals surface area contributed by atoms with E-state index in [1.807, 2.05) is 0 Å². The summed E-state index contributed by atoms with van der Waals surface area (Å²) in [5, 5.41) is 0. The number of rotatable bonds is 0. The lowest BCUT2D eigenvalue weighted by Crippen LogP contribution is -2.18. The van der Waals surface area contributed by atoms with E-state index in [0.29, 0.717) is 10.8 Å². The van der Waals surface area contributed by atoms with Crippen molar-refractivity contribution in [2.24, 2.45) is 0 Å². The summed E-state index contributed by atoms with van der Waals surface area (Å²) in [5.74, 6) is 0. The maximum Gasteiger partial charge on any atom is -0.00895 e. The Morgan fingerprint density at radius 1 is 0.938 bits per heavy atom. The van der Waals surface area contributed by atoms with Crippen LogP contribution in [0.4, 0.5) is 0 Å². The SMILES string of the molecule is CC1(C)CC(C)(C)c2c1ccc1c2CCC1. The van der Waals surface area contributed by atoms with E-state index in [0.717, 1.165) is 0 Å². The molecule has 0 unspecified atom stereocenters. The third-order valence-electron chi connectivity index (χ3n) is 4.57. The van der Waals surface area contributed by atoms with Crippen LogP contribution in [0.1, 0.15) is 62.8 Å². The van der Waals surface area contributed by atoms with Gasteiger partial charge < -0.3 is 0 Å². The van der Waals surface area contributed by atoms with E-state index in [2.05, 4.69) is 39.8 Å². The van der Waals surface area contributed by atoms with Gasteiger partial charge in [0.2, 0.25) is 0 Å². The van der Waals surface area contributed by atoms with Gasteiger partial charge in [0.05, 0.1) is 0 Å². The zero-order chi connectivity index (χ0) is 11.6. The molecule has 0 heterocycles. The standard InChI is InChI=1S/C16H22/c1-15(2)10-16(3,4)14-12-7-5-6-11(12)8-9-13(14)15/h8-9H,5-7,10H2,1-4H3. The van der Waals surface area contributed by atoms with E-state index in [4.69, 9.17) is 0 Å². The molecule has 0 atom stereocenters.